The summed E-state index contributed by atoms with van der Waals surface area (Å²) in [6, 6.07) is 1.84. The third-order valence-corrected chi connectivity index (χ3v) is 3.44. The average Bonchev–Trinajstić information content (AvgIpc) is 2.50. The Kier molecular flexibility index (Phi) is 5.75. The molecule has 0 aliphatic rings. The van der Waals surface area contributed by atoms with Crippen molar-refractivity contribution >= 4 is 0 Å². The molecular weight excluding hydrogens is 262 g/mol. The Morgan fingerprint density at radius 1 is 1.10 bits per heavy atom. The molecule has 0 aromatic carbocycles. The lowest BCUT2D eigenvalue weighted by Gasteiger charge is -2.11. The first-order chi connectivity index (χ1) is 10.2. The van der Waals surface area contributed by atoms with Crippen LogP contribution in [0.25, 0.3) is 11.5 Å². The first-order valence-corrected chi connectivity index (χ1v) is 7.53. The quantitative estimate of drug-likeness (QED) is 0.792. The summed E-state index contributed by atoms with van der Waals surface area (Å²) in [5.74, 6) is 0.681. The summed E-state index contributed by atoms with van der Waals surface area (Å²) in [4.78, 5) is 17.3. The lowest BCUT2D eigenvalue weighted by Crippen LogP contribution is -2.17. The SMILES string of the molecule is CCCNCCCc1c(C)nc(-c2ccncn2)nc1C. The number of nitrogens with one attached hydrogen (secondary N) is 1. The van der Waals surface area contributed by atoms with Crippen molar-refractivity contribution in [2.24, 2.45) is 0 Å². The largest absolute Gasteiger partial charge is 0.317 e. The van der Waals surface area contributed by atoms with Crippen molar-refractivity contribution in [2.45, 2.75) is 40.0 Å². The van der Waals surface area contributed by atoms with Gasteiger partial charge in [0.05, 0.1) is 0 Å². The highest BCUT2D eigenvalue weighted by Crippen LogP contribution is 2.17. The molecular formula is C16H23N5. The van der Waals surface area contributed by atoms with E-state index in [1.165, 1.54) is 18.3 Å². The molecule has 0 aliphatic carbocycles. The second kappa shape index (κ2) is 7.78. The molecule has 2 rings (SSSR count). The number of aromatic nitrogens is 4. The first-order valence-electron chi connectivity index (χ1n) is 7.53. The van der Waals surface area contributed by atoms with Gasteiger partial charge in [-0.15, -0.1) is 0 Å². The first kappa shape index (κ1) is 15.5. The van der Waals surface area contributed by atoms with Gasteiger partial charge >= 0.3 is 0 Å². The summed E-state index contributed by atoms with van der Waals surface area (Å²) in [5, 5.41) is 3.42. The molecule has 21 heavy (non-hydrogen) atoms. The predicted molar refractivity (Wildman–Crippen MR) is 84.0 cm³/mol. The van der Waals surface area contributed by atoms with Crippen LogP contribution in [0.5, 0.6) is 0 Å². The summed E-state index contributed by atoms with van der Waals surface area (Å²) in [5.41, 5.74) is 4.12. The molecule has 112 valence electrons. The molecule has 0 amide bonds. The van der Waals surface area contributed by atoms with Gasteiger partial charge in [0.2, 0.25) is 0 Å². The fraction of sp³-hybridized carbons (Fsp3) is 0.500. The number of hydrogen-bond donors (Lipinski definition) is 1. The van der Waals surface area contributed by atoms with Crippen LogP contribution < -0.4 is 5.32 Å². The van der Waals surface area contributed by atoms with E-state index in [0.29, 0.717) is 5.82 Å². The Morgan fingerprint density at radius 2 is 1.86 bits per heavy atom. The number of nitrogens with zero attached hydrogens (tertiary/aromatic N) is 4. The van der Waals surface area contributed by atoms with Gasteiger partial charge in [0, 0.05) is 17.6 Å². The van der Waals surface area contributed by atoms with Crippen LogP contribution in [-0.4, -0.2) is 33.0 Å². The lowest BCUT2D eigenvalue weighted by molar-refractivity contribution is 0.636. The topological polar surface area (TPSA) is 63.6 Å². The number of aryl methyl sites for hydroxylation is 2. The van der Waals surface area contributed by atoms with Crippen molar-refractivity contribution in [3.8, 4) is 11.5 Å². The van der Waals surface area contributed by atoms with Crippen LogP contribution in [0, 0.1) is 13.8 Å². The third kappa shape index (κ3) is 4.29. The van der Waals surface area contributed by atoms with Crippen LogP contribution in [0.2, 0.25) is 0 Å². The van der Waals surface area contributed by atoms with Crippen molar-refractivity contribution in [3.63, 3.8) is 0 Å². The maximum absolute atomic E-state index is 4.60. The smallest absolute Gasteiger partial charge is 0.178 e. The van der Waals surface area contributed by atoms with Crippen molar-refractivity contribution in [3.05, 3.63) is 35.5 Å². The van der Waals surface area contributed by atoms with E-state index in [-0.39, 0.29) is 0 Å². The maximum atomic E-state index is 4.60. The lowest BCUT2D eigenvalue weighted by atomic mass is 10.1. The summed E-state index contributed by atoms with van der Waals surface area (Å²) in [6.45, 7) is 8.41. The molecule has 2 heterocycles. The Balaban J connectivity index is 2.07. The minimum Gasteiger partial charge on any atom is -0.317 e. The van der Waals surface area contributed by atoms with E-state index >= 15 is 0 Å². The molecule has 1 N–H and O–H groups in total. The van der Waals surface area contributed by atoms with E-state index in [9.17, 15) is 0 Å². The van der Waals surface area contributed by atoms with E-state index in [1.807, 2.05) is 19.9 Å². The van der Waals surface area contributed by atoms with E-state index in [2.05, 4.69) is 32.2 Å². The van der Waals surface area contributed by atoms with Gasteiger partial charge in [0.1, 0.15) is 12.0 Å². The highest BCUT2D eigenvalue weighted by atomic mass is 14.9. The number of hydrogen-bond acceptors (Lipinski definition) is 5. The highest BCUT2D eigenvalue weighted by molar-refractivity contribution is 5.49. The van der Waals surface area contributed by atoms with E-state index in [4.69, 9.17) is 0 Å². The van der Waals surface area contributed by atoms with Gasteiger partial charge in [-0.2, -0.15) is 0 Å². The molecule has 0 saturated heterocycles. The average molecular weight is 285 g/mol. The van der Waals surface area contributed by atoms with Gasteiger partial charge < -0.3 is 5.32 Å². The molecule has 2 aromatic heterocycles. The minimum absolute atomic E-state index is 0.681. The van der Waals surface area contributed by atoms with Crippen molar-refractivity contribution in [1.29, 1.82) is 0 Å². The Labute approximate surface area is 126 Å². The zero-order valence-electron chi connectivity index (χ0n) is 13.1. The van der Waals surface area contributed by atoms with Crippen molar-refractivity contribution in [2.75, 3.05) is 13.1 Å². The number of rotatable bonds is 7. The minimum atomic E-state index is 0.681. The van der Waals surface area contributed by atoms with Crippen LogP contribution >= 0.6 is 0 Å². The predicted octanol–water partition coefficient (Wildman–Crippen LogP) is 2.48. The van der Waals surface area contributed by atoms with E-state index < -0.39 is 0 Å². The van der Waals surface area contributed by atoms with Crippen LogP contribution in [0.3, 0.4) is 0 Å². The maximum Gasteiger partial charge on any atom is 0.178 e. The van der Waals surface area contributed by atoms with E-state index in [1.54, 1.807) is 6.20 Å². The van der Waals surface area contributed by atoms with Gasteiger partial charge in [0.25, 0.3) is 0 Å². The fourth-order valence-electron chi connectivity index (χ4n) is 2.33. The monoisotopic (exact) mass is 285 g/mol. The normalized spacial score (nSPS) is 10.8. The van der Waals surface area contributed by atoms with Gasteiger partial charge in [-0.25, -0.2) is 19.9 Å². The van der Waals surface area contributed by atoms with Gasteiger partial charge in [-0.1, -0.05) is 6.92 Å². The molecule has 0 aliphatic heterocycles. The van der Waals surface area contributed by atoms with Crippen LogP contribution in [0.15, 0.2) is 18.6 Å². The molecule has 0 spiro atoms. The molecule has 5 heteroatoms. The van der Waals surface area contributed by atoms with Crippen molar-refractivity contribution < 1.29 is 0 Å². The Hall–Kier alpha value is -1.88. The summed E-state index contributed by atoms with van der Waals surface area (Å²) in [6.07, 6.45) is 6.53. The van der Waals surface area contributed by atoms with E-state index in [0.717, 1.165) is 43.0 Å². The van der Waals surface area contributed by atoms with Gasteiger partial charge in [-0.05, 0) is 57.8 Å². The second-order valence-electron chi connectivity index (χ2n) is 5.14. The third-order valence-electron chi connectivity index (χ3n) is 3.44. The molecule has 2 aromatic rings. The molecule has 5 nitrogen and oxygen atoms in total. The summed E-state index contributed by atoms with van der Waals surface area (Å²) >= 11 is 0. The fourth-order valence-corrected chi connectivity index (χ4v) is 2.33. The van der Waals surface area contributed by atoms with Crippen LogP contribution in [0.1, 0.15) is 36.7 Å². The molecule has 0 unspecified atom stereocenters. The van der Waals surface area contributed by atoms with Crippen LogP contribution in [-0.2, 0) is 6.42 Å². The molecule has 0 atom stereocenters. The summed E-state index contributed by atoms with van der Waals surface area (Å²) < 4.78 is 0. The zero-order chi connectivity index (χ0) is 15.1. The Morgan fingerprint density at radius 3 is 2.48 bits per heavy atom. The molecule has 0 fully saturated rings. The Bertz CT molecular complexity index is 545. The van der Waals surface area contributed by atoms with Crippen LogP contribution in [0.4, 0.5) is 0 Å². The van der Waals surface area contributed by atoms with Crippen molar-refractivity contribution in [1.82, 2.24) is 25.3 Å². The summed E-state index contributed by atoms with van der Waals surface area (Å²) in [7, 11) is 0. The molecule has 0 bridgehead atoms. The van der Waals surface area contributed by atoms with Gasteiger partial charge in [0.15, 0.2) is 5.82 Å². The standard InChI is InChI=1S/C16H23N5/c1-4-8-17-9-5-6-14-12(2)20-16(21-13(14)3)15-7-10-18-11-19-15/h7,10-11,17H,4-6,8-9H2,1-3H3. The van der Waals surface area contributed by atoms with Gasteiger partial charge in [-0.3, -0.25) is 0 Å². The zero-order valence-corrected chi connectivity index (χ0v) is 13.1. The highest BCUT2D eigenvalue weighted by Gasteiger charge is 2.10. The molecule has 0 radical (unpaired) electrons. The molecule has 0 saturated carbocycles. The second-order valence-corrected chi connectivity index (χ2v) is 5.14.